The zero-order valence-electron chi connectivity index (χ0n) is 17.9. The van der Waals surface area contributed by atoms with Crippen LogP contribution in [0.2, 0.25) is 0 Å². The Balaban J connectivity index is 1.57. The molecule has 0 bridgehead atoms. The molecule has 2 aromatic rings. The molecule has 10 heteroatoms. The Morgan fingerprint density at radius 1 is 1.26 bits per heavy atom. The van der Waals surface area contributed by atoms with Crippen molar-refractivity contribution in [3.8, 4) is 0 Å². The molecular weight excluding hydrogens is 420 g/mol. The number of aryl methyl sites for hydroxylation is 1. The highest BCUT2D eigenvalue weighted by Crippen LogP contribution is 2.19. The monoisotopic (exact) mass is 448 g/mol. The van der Waals surface area contributed by atoms with Crippen LogP contribution in [0.1, 0.15) is 37.9 Å². The second kappa shape index (κ2) is 10.0. The van der Waals surface area contributed by atoms with Gasteiger partial charge in [0.05, 0.1) is 10.6 Å². The van der Waals surface area contributed by atoms with Gasteiger partial charge in [0.2, 0.25) is 17.7 Å². The van der Waals surface area contributed by atoms with Gasteiger partial charge in [0.15, 0.2) is 15.7 Å². The molecule has 3 rings (SSSR count). The van der Waals surface area contributed by atoms with Crippen LogP contribution in [0, 0.1) is 6.92 Å². The van der Waals surface area contributed by atoms with Gasteiger partial charge >= 0.3 is 0 Å². The fourth-order valence-corrected chi connectivity index (χ4v) is 5.07. The highest BCUT2D eigenvalue weighted by atomic mass is 32.2. The first-order valence-electron chi connectivity index (χ1n) is 10.4. The first kappa shape index (κ1) is 22.9. The summed E-state index contributed by atoms with van der Waals surface area (Å²) in [5.74, 6) is 0.500. The lowest BCUT2D eigenvalue weighted by Crippen LogP contribution is -2.52. The van der Waals surface area contributed by atoms with Crippen LogP contribution in [0.4, 0.5) is 0 Å². The summed E-state index contributed by atoms with van der Waals surface area (Å²) in [5.41, 5.74) is 0. The highest BCUT2D eigenvalue weighted by molar-refractivity contribution is 7.91. The van der Waals surface area contributed by atoms with E-state index in [1.165, 1.54) is 19.1 Å². The minimum Gasteiger partial charge on any atom is -0.341 e. The lowest BCUT2D eigenvalue weighted by Gasteiger charge is -2.39. The molecule has 1 aromatic heterocycles. The van der Waals surface area contributed by atoms with Gasteiger partial charge in [0.1, 0.15) is 0 Å². The number of rotatable bonds is 8. The molecule has 1 fully saturated rings. The third kappa shape index (κ3) is 6.13. The van der Waals surface area contributed by atoms with Crippen molar-refractivity contribution in [3.63, 3.8) is 0 Å². The van der Waals surface area contributed by atoms with E-state index >= 15 is 0 Å². The van der Waals surface area contributed by atoms with Crippen LogP contribution in [0.15, 0.2) is 39.8 Å². The van der Waals surface area contributed by atoms with Gasteiger partial charge < -0.3 is 14.3 Å². The molecule has 1 atom stereocenters. The zero-order valence-corrected chi connectivity index (χ0v) is 18.7. The minimum absolute atomic E-state index is 0.0772. The van der Waals surface area contributed by atoms with Crippen LogP contribution >= 0.6 is 0 Å². The molecule has 1 aliphatic rings. The Kier molecular flexibility index (Phi) is 7.42. The number of carbonyl (C=O) groups excluding carboxylic acids is 2. The van der Waals surface area contributed by atoms with E-state index in [-0.39, 0.29) is 34.9 Å². The largest absolute Gasteiger partial charge is 0.341 e. The average molecular weight is 449 g/mol. The van der Waals surface area contributed by atoms with Crippen molar-refractivity contribution in [1.82, 2.24) is 19.9 Å². The number of sulfone groups is 1. The molecule has 31 heavy (non-hydrogen) atoms. The maximum Gasteiger partial charge on any atom is 0.223 e. The predicted octanol–water partition coefficient (Wildman–Crippen LogP) is 1.62. The predicted molar refractivity (Wildman–Crippen MR) is 113 cm³/mol. The van der Waals surface area contributed by atoms with Crippen molar-refractivity contribution in [3.05, 3.63) is 42.0 Å². The third-order valence-corrected chi connectivity index (χ3v) is 7.16. The lowest BCUT2D eigenvalue weighted by molar-refractivity contribution is -0.138. The number of piperidine rings is 1. The second-order valence-corrected chi connectivity index (χ2v) is 9.82. The molecule has 0 saturated carbocycles. The second-order valence-electron chi connectivity index (χ2n) is 7.71. The summed E-state index contributed by atoms with van der Waals surface area (Å²) < 4.78 is 29.9. The van der Waals surface area contributed by atoms with Gasteiger partial charge in [0.25, 0.3) is 0 Å². The molecule has 1 aromatic carbocycles. The molecule has 2 heterocycles. The van der Waals surface area contributed by atoms with Crippen molar-refractivity contribution in [1.29, 1.82) is 0 Å². The first-order valence-corrected chi connectivity index (χ1v) is 12.0. The Morgan fingerprint density at radius 3 is 2.65 bits per heavy atom. The normalized spacial score (nSPS) is 16.8. The van der Waals surface area contributed by atoms with Gasteiger partial charge in [-0.2, -0.15) is 4.98 Å². The topological polar surface area (TPSA) is 114 Å². The number of aromatic nitrogens is 2. The van der Waals surface area contributed by atoms with E-state index in [0.717, 1.165) is 12.8 Å². The molecule has 9 nitrogen and oxygen atoms in total. The van der Waals surface area contributed by atoms with Gasteiger partial charge in [0, 0.05) is 52.4 Å². The van der Waals surface area contributed by atoms with Crippen LogP contribution in [-0.2, 0) is 25.8 Å². The minimum atomic E-state index is -3.51. The summed E-state index contributed by atoms with van der Waals surface area (Å²) in [5, 5.41) is 3.86. The van der Waals surface area contributed by atoms with Gasteiger partial charge in [-0.25, -0.2) is 8.42 Å². The number of hydrogen-bond donors (Lipinski definition) is 0. The molecule has 0 aliphatic carbocycles. The fraction of sp³-hybridized carbons (Fsp3) is 0.524. The number of likely N-dealkylation sites (tertiary alicyclic amines) is 1. The van der Waals surface area contributed by atoms with Crippen molar-refractivity contribution in [2.24, 2.45) is 0 Å². The molecule has 2 amide bonds. The van der Waals surface area contributed by atoms with Gasteiger partial charge in [-0.3, -0.25) is 9.59 Å². The van der Waals surface area contributed by atoms with Crippen molar-refractivity contribution in [2.45, 2.75) is 50.5 Å². The van der Waals surface area contributed by atoms with E-state index in [1.54, 1.807) is 34.9 Å². The van der Waals surface area contributed by atoms with Crippen molar-refractivity contribution < 1.29 is 22.5 Å². The quantitative estimate of drug-likeness (QED) is 0.603. The number of amides is 2. The summed E-state index contributed by atoms with van der Waals surface area (Å²) in [6.07, 6.45) is 1.94. The Hall–Kier alpha value is -2.75. The Bertz CT molecular complexity index is 1010. The third-order valence-electron chi connectivity index (χ3n) is 5.43. The highest BCUT2D eigenvalue weighted by Gasteiger charge is 2.30. The number of benzene rings is 1. The zero-order chi connectivity index (χ0) is 22.4. The molecule has 1 unspecified atom stereocenters. The molecule has 168 valence electrons. The van der Waals surface area contributed by atoms with E-state index in [9.17, 15) is 18.0 Å². The molecule has 1 saturated heterocycles. The molecule has 0 N–H and O–H groups in total. The first-order chi connectivity index (χ1) is 14.8. The van der Waals surface area contributed by atoms with Crippen LogP contribution in [0.25, 0.3) is 0 Å². The van der Waals surface area contributed by atoms with Gasteiger partial charge in [-0.15, -0.1) is 0 Å². The SMILES string of the molecule is CC(=O)N(CCc1noc(C)n1)C1CCCN(C(=O)CCS(=O)(=O)c2ccccc2)C1. The van der Waals surface area contributed by atoms with Crippen LogP contribution in [0.5, 0.6) is 0 Å². The summed E-state index contributed by atoms with van der Waals surface area (Å²) >= 11 is 0. The average Bonchev–Trinajstić information content (AvgIpc) is 3.18. The molecule has 0 spiro atoms. The van der Waals surface area contributed by atoms with E-state index in [4.69, 9.17) is 4.52 Å². The van der Waals surface area contributed by atoms with E-state index in [2.05, 4.69) is 10.1 Å². The molecule has 1 aliphatic heterocycles. The summed E-state index contributed by atoms with van der Waals surface area (Å²) in [7, 11) is -3.51. The van der Waals surface area contributed by atoms with E-state index in [1.807, 2.05) is 0 Å². The van der Waals surface area contributed by atoms with Crippen LogP contribution < -0.4 is 0 Å². The van der Waals surface area contributed by atoms with E-state index in [0.29, 0.717) is 37.8 Å². The molecular formula is C21H28N4O5S. The summed E-state index contributed by atoms with van der Waals surface area (Å²) in [6.45, 7) is 4.62. The number of nitrogens with zero attached hydrogens (tertiary/aromatic N) is 4. The standard InChI is InChI=1S/C21H28N4O5S/c1-16-22-20(23-30-16)10-13-25(17(2)26)18-7-6-12-24(15-18)21(27)11-14-31(28,29)19-8-4-3-5-9-19/h3-5,8-9,18H,6-7,10-15H2,1-2H3. The summed E-state index contributed by atoms with van der Waals surface area (Å²) in [6, 6.07) is 8.03. The Morgan fingerprint density at radius 2 is 2.00 bits per heavy atom. The molecule has 0 radical (unpaired) electrons. The van der Waals surface area contributed by atoms with Crippen molar-refractivity contribution in [2.75, 3.05) is 25.4 Å². The lowest BCUT2D eigenvalue weighted by atomic mass is 10.0. The van der Waals surface area contributed by atoms with Crippen LogP contribution in [-0.4, -0.2) is 71.6 Å². The fourth-order valence-electron chi connectivity index (χ4n) is 3.82. The van der Waals surface area contributed by atoms with Crippen molar-refractivity contribution >= 4 is 21.7 Å². The number of carbonyl (C=O) groups is 2. The van der Waals surface area contributed by atoms with E-state index < -0.39 is 9.84 Å². The number of hydrogen-bond acceptors (Lipinski definition) is 7. The Labute approximate surface area is 182 Å². The maximum atomic E-state index is 12.7. The maximum absolute atomic E-state index is 12.7. The van der Waals surface area contributed by atoms with Gasteiger partial charge in [-0.1, -0.05) is 23.4 Å². The van der Waals surface area contributed by atoms with Gasteiger partial charge in [-0.05, 0) is 25.0 Å². The van der Waals surface area contributed by atoms with Crippen LogP contribution in [0.3, 0.4) is 0 Å². The summed E-state index contributed by atoms with van der Waals surface area (Å²) in [4.78, 5) is 32.8. The smallest absolute Gasteiger partial charge is 0.223 e.